The number of hydrogen-bond donors (Lipinski definition) is 0. The second-order valence-electron chi connectivity index (χ2n) is 4.28. The van der Waals surface area contributed by atoms with Crippen molar-refractivity contribution in [3.63, 3.8) is 0 Å². The summed E-state index contributed by atoms with van der Waals surface area (Å²) in [5.74, 6) is 0.460. The SMILES string of the molecule is CC1Cc2c(ccc3ccccc23)C1=O. The first-order chi connectivity index (χ1) is 7.27. The van der Waals surface area contributed by atoms with Gasteiger partial charge in [0.1, 0.15) is 0 Å². The summed E-state index contributed by atoms with van der Waals surface area (Å²) < 4.78 is 0. The fourth-order valence-electron chi connectivity index (χ4n) is 2.45. The number of Topliss-reactive ketones (excluding diaryl/α,β-unsaturated/α-hetero) is 1. The number of carbonyl (C=O) groups is 1. The molecule has 0 heterocycles. The molecule has 0 radical (unpaired) electrons. The number of carbonyl (C=O) groups excluding carboxylic acids is 1. The summed E-state index contributed by atoms with van der Waals surface area (Å²) in [6.07, 6.45) is 0.898. The molecule has 0 bridgehead atoms. The van der Waals surface area contributed by atoms with E-state index in [1.165, 1.54) is 16.3 Å². The van der Waals surface area contributed by atoms with E-state index in [1.54, 1.807) is 0 Å². The average Bonchev–Trinajstić information content (AvgIpc) is 2.56. The van der Waals surface area contributed by atoms with E-state index in [0.29, 0.717) is 5.78 Å². The topological polar surface area (TPSA) is 17.1 Å². The minimum atomic E-state index is 0.158. The highest BCUT2D eigenvalue weighted by molar-refractivity contribution is 6.07. The van der Waals surface area contributed by atoms with Crippen LogP contribution in [0.15, 0.2) is 36.4 Å². The summed E-state index contributed by atoms with van der Waals surface area (Å²) >= 11 is 0. The van der Waals surface area contributed by atoms with Gasteiger partial charge in [0, 0.05) is 11.5 Å². The number of fused-ring (bicyclic) bond motifs is 3. The summed E-state index contributed by atoms with van der Waals surface area (Å²) in [4.78, 5) is 11.8. The van der Waals surface area contributed by atoms with Crippen molar-refractivity contribution in [3.8, 4) is 0 Å². The van der Waals surface area contributed by atoms with E-state index in [2.05, 4.69) is 12.1 Å². The van der Waals surface area contributed by atoms with Crippen molar-refractivity contribution < 1.29 is 4.79 Å². The molecule has 2 aromatic rings. The predicted octanol–water partition coefficient (Wildman–Crippen LogP) is 3.21. The van der Waals surface area contributed by atoms with Crippen molar-refractivity contribution in [1.29, 1.82) is 0 Å². The minimum Gasteiger partial charge on any atom is -0.294 e. The molecule has 2 aromatic carbocycles. The number of benzene rings is 2. The normalized spacial score (nSPS) is 19.5. The van der Waals surface area contributed by atoms with Crippen LogP contribution in [0, 0.1) is 5.92 Å². The number of ketones is 1. The molecule has 0 aliphatic heterocycles. The van der Waals surface area contributed by atoms with E-state index in [-0.39, 0.29) is 5.92 Å². The predicted molar refractivity (Wildman–Crippen MR) is 61.1 cm³/mol. The lowest BCUT2D eigenvalue weighted by Crippen LogP contribution is -2.02. The molecule has 0 saturated heterocycles. The van der Waals surface area contributed by atoms with Gasteiger partial charge in [0.15, 0.2) is 5.78 Å². The fraction of sp³-hybridized carbons (Fsp3) is 0.214. The van der Waals surface area contributed by atoms with Crippen LogP contribution >= 0.6 is 0 Å². The van der Waals surface area contributed by atoms with E-state index in [4.69, 9.17) is 0 Å². The Hall–Kier alpha value is -1.63. The summed E-state index contributed by atoms with van der Waals surface area (Å²) in [7, 11) is 0. The van der Waals surface area contributed by atoms with Crippen LogP contribution in [-0.4, -0.2) is 5.78 Å². The van der Waals surface area contributed by atoms with E-state index in [1.807, 2.05) is 31.2 Å². The van der Waals surface area contributed by atoms with Gasteiger partial charge < -0.3 is 0 Å². The maximum absolute atomic E-state index is 11.8. The molecule has 1 nitrogen and oxygen atoms in total. The van der Waals surface area contributed by atoms with Crippen molar-refractivity contribution in [2.75, 3.05) is 0 Å². The van der Waals surface area contributed by atoms with Gasteiger partial charge in [0.05, 0.1) is 0 Å². The van der Waals surface area contributed by atoms with Crippen LogP contribution in [0.4, 0.5) is 0 Å². The Morgan fingerprint density at radius 1 is 1.13 bits per heavy atom. The van der Waals surface area contributed by atoms with Gasteiger partial charge >= 0.3 is 0 Å². The highest BCUT2D eigenvalue weighted by Crippen LogP contribution is 2.32. The Bertz CT molecular complexity index is 554. The van der Waals surface area contributed by atoms with Crippen molar-refractivity contribution in [2.24, 2.45) is 5.92 Å². The lowest BCUT2D eigenvalue weighted by atomic mass is 10.0. The second kappa shape index (κ2) is 2.93. The highest BCUT2D eigenvalue weighted by atomic mass is 16.1. The van der Waals surface area contributed by atoms with Crippen molar-refractivity contribution in [1.82, 2.24) is 0 Å². The lowest BCUT2D eigenvalue weighted by molar-refractivity contribution is 0.0946. The Morgan fingerprint density at radius 3 is 2.80 bits per heavy atom. The third-order valence-electron chi connectivity index (χ3n) is 3.26. The van der Waals surface area contributed by atoms with Gasteiger partial charge in [-0.2, -0.15) is 0 Å². The van der Waals surface area contributed by atoms with Gasteiger partial charge in [0.2, 0.25) is 0 Å². The van der Waals surface area contributed by atoms with Crippen LogP contribution in [0.2, 0.25) is 0 Å². The van der Waals surface area contributed by atoms with Gasteiger partial charge in [-0.05, 0) is 22.8 Å². The zero-order valence-corrected chi connectivity index (χ0v) is 8.66. The minimum absolute atomic E-state index is 0.158. The molecule has 1 atom stereocenters. The molecule has 1 aliphatic carbocycles. The van der Waals surface area contributed by atoms with Crippen molar-refractivity contribution in [3.05, 3.63) is 47.5 Å². The molecular weight excluding hydrogens is 184 g/mol. The molecule has 0 fully saturated rings. The molecule has 0 saturated carbocycles. The molecule has 0 spiro atoms. The third-order valence-corrected chi connectivity index (χ3v) is 3.26. The smallest absolute Gasteiger partial charge is 0.166 e. The van der Waals surface area contributed by atoms with Gasteiger partial charge in [-0.3, -0.25) is 4.79 Å². The van der Waals surface area contributed by atoms with Crippen LogP contribution in [-0.2, 0) is 6.42 Å². The Balaban J connectivity index is 2.38. The molecule has 0 N–H and O–H groups in total. The largest absolute Gasteiger partial charge is 0.294 e. The monoisotopic (exact) mass is 196 g/mol. The maximum Gasteiger partial charge on any atom is 0.166 e. The van der Waals surface area contributed by atoms with Crippen LogP contribution < -0.4 is 0 Å². The zero-order valence-electron chi connectivity index (χ0n) is 8.66. The van der Waals surface area contributed by atoms with Crippen LogP contribution in [0.5, 0.6) is 0 Å². The summed E-state index contributed by atoms with van der Waals surface area (Å²) in [5, 5.41) is 2.48. The molecular formula is C14H12O. The summed E-state index contributed by atoms with van der Waals surface area (Å²) in [6.45, 7) is 2.01. The highest BCUT2D eigenvalue weighted by Gasteiger charge is 2.27. The Kier molecular flexibility index (Phi) is 1.69. The zero-order chi connectivity index (χ0) is 10.4. The Labute approximate surface area is 88.7 Å². The van der Waals surface area contributed by atoms with Gasteiger partial charge in [-0.1, -0.05) is 43.3 Å². The first-order valence-electron chi connectivity index (χ1n) is 5.32. The average molecular weight is 196 g/mol. The molecule has 1 aliphatic rings. The lowest BCUT2D eigenvalue weighted by Gasteiger charge is -2.03. The molecule has 3 rings (SSSR count). The second-order valence-corrected chi connectivity index (χ2v) is 4.28. The number of rotatable bonds is 0. The van der Waals surface area contributed by atoms with Crippen molar-refractivity contribution >= 4 is 16.6 Å². The fourth-order valence-corrected chi connectivity index (χ4v) is 2.45. The first kappa shape index (κ1) is 8.66. The van der Waals surface area contributed by atoms with E-state index in [0.717, 1.165) is 12.0 Å². The standard InChI is InChI=1S/C14H12O/c1-9-8-13-11-5-3-2-4-10(11)6-7-12(13)14(9)15/h2-7,9H,8H2,1H3. The third kappa shape index (κ3) is 1.13. The van der Waals surface area contributed by atoms with E-state index in [9.17, 15) is 4.79 Å². The van der Waals surface area contributed by atoms with E-state index < -0.39 is 0 Å². The molecule has 1 unspecified atom stereocenters. The quantitative estimate of drug-likeness (QED) is 0.632. The molecule has 0 amide bonds. The summed E-state index contributed by atoms with van der Waals surface area (Å²) in [6, 6.07) is 12.3. The van der Waals surface area contributed by atoms with Gasteiger partial charge in [-0.15, -0.1) is 0 Å². The first-order valence-corrected chi connectivity index (χ1v) is 5.32. The van der Waals surface area contributed by atoms with Gasteiger partial charge in [0.25, 0.3) is 0 Å². The van der Waals surface area contributed by atoms with Crippen LogP contribution in [0.1, 0.15) is 22.8 Å². The Morgan fingerprint density at radius 2 is 1.93 bits per heavy atom. The maximum atomic E-state index is 11.8. The molecule has 1 heteroatoms. The number of hydrogen-bond acceptors (Lipinski definition) is 1. The molecule has 0 aromatic heterocycles. The van der Waals surface area contributed by atoms with E-state index >= 15 is 0 Å². The summed E-state index contributed by atoms with van der Waals surface area (Å²) in [5.41, 5.74) is 2.17. The van der Waals surface area contributed by atoms with Crippen LogP contribution in [0.3, 0.4) is 0 Å². The van der Waals surface area contributed by atoms with Gasteiger partial charge in [-0.25, -0.2) is 0 Å². The van der Waals surface area contributed by atoms with Crippen molar-refractivity contribution in [2.45, 2.75) is 13.3 Å². The molecule has 74 valence electrons. The van der Waals surface area contributed by atoms with Crippen LogP contribution in [0.25, 0.3) is 10.8 Å². The molecule has 15 heavy (non-hydrogen) atoms.